The van der Waals surface area contributed by atoms with E-state index in [1.165, 1.54) is 0 Å². The van der Waals surface area contributed by atoms with Gasteiger partial charge in [0.2, 0.25) is 0 Å². The van der Waals surface area contributed by atoms with Gasteiger partial charge in [-0.15, -0.1) is 0 Å². The normalized spacial score (nSPS) is 25.2. The maximum Gasteiger partial charge on any atom is 0.159 e. The fraction of sp³-hybridized carbons (Fsp3) is 0.429. The Bertz CT molecular complexity index is 435. The molecule has 1 saturated heterocycles. The van der Waals surface area contributed by atoms with Gasteiger partial charge in [-0.3, -0.25) is 4.79 Å². The molecule has 3 nitrogen and oxygen atoms in total. The Morgan fingerprint density at radius 2 is 2.18 bits per heavy atom. The van der Waals surface area contributed by atoms with Crippen LogP contribution in [0.2, 0.25) is 0 Å². The summed E-state index contributed by atoms with van der Waals surface area (Å²) in [6, 6.07) is 11.3. The summed E-state index contributed by atoms with van der Waals surface area (Å²) in [7, 11) is 0. The van der Waals surface area contributed by atoms with Crippen LogP contribution < -0.4 is 0 Å². The second-order valence-electron chi connectivity index (χ2n) is 4.45. The van der Waals surface area contributed by atoms with E-state index >= 15 is 0 Å². The minimum absolute atomic E-state index is 0.0111. The summed E-state index contributed by atoms with van der Waals surface area (Å²) in [5.74, 6) is -0.798. The Morgan fingerprint density at radius 3 is 2.71 bits per heavy atom. The number of carbonyl (C=O) groups is 1. The minimum Gasteiger partial charge on any atom is -0.378 e. The highest BCUT2D eigenvalue weighted by atomic mass is 16.5. The zero-order valence-electron chi connectivity index (χ0n) is 9.80. The third-order valence-corrected chi connectivity index (χ3v) is 3.15. The second kappa shape index (κ2) is 5.11. The molecule has 1 aliphatic rings. The fourth-order valence-corrected chi connectivity index (χ4v) is 2.20. The molecule has 0 N–H and O–H groups in total. The molecule has 0 saturated carbocycles. The van der Waals surface area contributed by atoms with Crippen molar-refractivity contribution in [3.05, 3.63) is 35.9 Å². The summed E-state index contributed by atoms with van der Waals surface area (Å²) in [4.78, 5) is 12.2. The minimum atomic E-state index is -0.657. The standard InChI is InChI=1S/C14H15NO2/c1-10-7-12(9-17-10)14(16)13(8-15)11-5-3-2-4-6-11/h2-6,10,12-13H,7,9H2,1H3. The van der Waals surface area contributed by atoms with E-state index in [0.29, 0.717) is 6.61 Å². The van der Waals surface area contributed by atoms with Gasteiger partial charge in [0, 0.05) is 5.92 Å². The Labute approximate surface area is 101 Å². The van der Waals surface area contributed by atoms with E-state index in [2.05, 4.69) is 6.07 Å². The van der Waals surface area contributed by atoms with Crippen LogP contribution in [-0.2, 0) is 9.53 Å². The molecule has 0 aromatic heterocycles. The largest absolute Gasteiger partial charge is 0.378 e. The smallest absolute Gasteiger partial charge is 0.159 e. The predicted octanol–water partition coefficient (Wildman–Crippen LogP) is 2.29. The summed E-state index contributed by atoms with van der Waals surface area (Å²) >= 11 is 0. The van der Waals surface area contributed by atoms with Crippen LogP contribution in [0.25, 0.3) is 0 Å². The summed E-state index contributed by atoms with van der Waals surface area (Å²) in [5.41, 5.74) is 0.777. The molecule has 0 radical (unpaired) electrons. The molecule has 1 aromatic carbocycles. The zero-order chi connectivity index (χ0) is 12.3. The maximum atomic E-state index is 12.2. The number of nitrogens with zero attached hydrogens (tertiary/aromatic N) is 1. The van der Waals surface area contributed by atoms with Crippen molar-refractivity contribution in [1.82, 2.24) is 0 Å². The predicted molar refractivity (Wildman–Crippen MR) is 63.3 cm³/mol. The average Bonchev–Trinajstić information content (AvgIpc) is 2.78. The lowest BCUT2D eigenvalue weighted by Gasteiger charge is -2.12. The molecule has 1 aliphatic heterocycles. The van der Waals surface area contributed by atoms with Crippen molar-refractivity contribution in [2.45, 2.75) is 25.4 Å². The van der Waals surface area contributed by atoms with Gasteiger partial charge in [-0.25, -0.2) is 0 Å². The van der Waals surface area contributed by atoms with Gasteiger partial charge in [-0.2, -0.15) is 5.26 Å². The van der Waals surface area contributed by atoms with Crippen molar-refractivity contribution in [1.29, 1.82) is 5.26 Å². The number of hydrogen-bond donors (Lipinski definition) is 0. The lowest BCUT2D eigenvalue weighted by Crippen LogP contribution is -2.21. The van der Waals surface area contributed by atoms with Crippen molar-refractivity contribution >= 4 is 5.78 Å². The van der Waals surface area contributed by atoms with Crippen LogP contribution in [0, 0.1) is 17.2 Å². The number of nitriles is 1. The molecule has 3 heteroatoms. The molecule has 88 valence electrons. The van der Waals surface area contributed by atoms with E-state index in [1.807, 2.05) is 37.3 Å². The van der Waals surface area contributed by atoms with Crippen LogP contribution in [0.5, 0.6) is 0 Å². The summed E-state index contributed by atoms with van der Waals surface area (Å²) < 4.78 is 5.39. The number of carbonyl (C=O) groups excluding carboxylic acids is 1. The first-order chi connectivity index (χ1) is 8.22. The number of hydrogen-bond acceptors (Lipinski definition) is 3. The van der Waals surface area contributed by atoms with E-state index in [1.54, 1.807) is 0 Å². The zero-order valence-corrected chi connectivity index (χ0v) is 9.80. The van der Waals surface area contributed by atoms with E-state index in [9.17, 15) is 4.79 Å². The summed E-state index contributed by atoms with van der Waals surface area (Å²) in [6.45, 7) is 2.40. The van der Waals surface area contributed by atoms with E-state index in [-0.39, 0.29) is 17.8 Å². The molecule has 0 amide bonds. The van der Waals surface area contributed by atoms with Gasteiger partial charge < -0.3 is 4.74 Å². The van der Waals surface area contributed by atoms with Crippen molar-refractivity contribution in [3.63, 3.8) is 0 Å². The van der Waals surface area contributed by atoms with Gasteiger partial charge >= 0.3 is 0 Å². The number of rotatable bonds is 3. The Kier molecular flexibility index (Phi) is 3.55. The molecule has 1 fully saturated rings. The Balaban J connectivity index is 2.15. The Morgan fingerprint density at radius 1 is 1.47 bits per heavy atom. The highest BCUT2D eigenvalue weighted by Crippen LogP contribution is 2.27. The topological polar surface area (TPSA) is 50.1 Å². The maximum absolute atomic E-state index is 12.2. The average molecular weight is 229 g/mol. The first-order valence-electron chi connectivity index (χ1n) is 5.82. The van der Waals surface area contributed by atoms with Crippen molar-refractivity contribution < 1.29 is 9.53 Å². The van der Waals surface area contributed by atoms with Crippen LogP contribution in [0.4, 0.5) is 0 Å². The van der Waals surface area contributed by atoms with Gasteiger partial charge in [0.25, 0.3) is 0 Å². The third-order valence-electron chi connectivity index (χ3n) is 3.15. The van der Waals surface area contributed by atoms with Crippen LogP contribution >= 0.6 is 0 Å². The third kappa shape index (κ3) is 2.54. The molecule has 0 bridgehead atoms. The van der Waals surface area contributed by atoms with Crippen molar-refractivity contribution in [2.24, 2.45) is 5.92 Å². The molecule has 2 rings (SSSR count). The summed E-state index contributed by atoms with van der Waals surface area (Å²) in [6.07, 6.45) is 0.850. The van der Waals surface area contributed by atoms with E-state index in [4.69, 9.17) is 10.00 Å². The molecule has 3 atom stereocenters. The van der Waals surface area contributed by atoms with Crippen LogP contribution in [0.3, 0.4) is 0 Å². The highest BCUT2D eigenvalue weighted by molar-refractivity contribution is 5.90. The van der Waals surface area contributed by atoms with Crippen molar-refractivity contribution in [3.8, 4) is 6.07 Å². The van der Waals surface area contributed by atoms with Crippen molar-refractivity contribution in [2.75, 3.05) is 6.61 Å². The lowest BCUT2D eigenvalue weighted by molar-refractivity contribution is -0.123. The van der Waals surface area contributed by atoms with E-state index < -0.39 is 5.92 Å². The van der Waals surface area contributed by atoms with E-state index in [0.717, 1.165) is 12.0 Å². The van der Waals surface area contributed by atoms with Gasteiger partial charge in [-0.1, -0.05) is 30.3 Å². The molecule has 0 spiro atoms. The van der Waals surface area contributed by atoms with Gasteiger partial charge in [0.1, 0.15) is 5.92 Å². The molecule has 17 heavy (non-hydrogen) atoms. The molecular formula is C14H15NO2. The van der Waals surface area contributed by atoms with Crippen LogP contribution in [-0.4, -0.2) is 18.5 Å². The monoisotopic (exact) mass is 229 g/mol. The molecule has 0 aliphatic carbocycles. The number of ether oxygens (including phenoxy) is 1. The molecule has 3 unspecified atom stereocenters. The number of benzene rings is 1. The second-order valence-corrected chi connectivity index (χ2v) is 4.45. The Hall–Kier alpha value is -1.66. The quantitative estimate of drug-likeness (QED) is 0.799. The number of ketones is 1. The lowest BCUT2D eigenvalue weighted by atomic mass is 9.87. The van der Waals surface area contributed by atoms with Gasteiger partial charge in [-0.05, 0) is 18.9 Å². The first kappa shape index (κ1) is 11.8. The fourth-order valence-electron chi connectivity index (χ4n) is 2.20. The van der Waals surface area contributed by atoms with Crippen LogP contribution in [0.1, 0.15) is 24.8 Å². The van der Waals surface area contributed by atoms with Crippen LogP contribution in [0.15, 0.2) is 30.3 Å². The SMILES string of the molecule is CC1CC(C(=O)C(C#N)c2ccccc2)CO1. The first-order valence-corrected chi connectivity index (χ1v) is 5.82. The molecule has 1 aromatic rings. The van der Waals surface area contributed by atoms with Gasteiger partial charge in [0.15, 0.2) is 5.78 Å². The highest BCUT2D eigenvalue weighted by Gasteiger charge is 2.33. The summed E-state index contributed by atoms with van der Waals surface area (Å²) in [5, 5.41) is 9.16. The molecule has 1 heterocycles. The number of Topliss-reactive ketones (excluding diaryl/α,β-unsaturated/α-hetero) is 1. The van der Waals surface area contributed by atoms with Gasteiger partial charge in [0.05, 0.1) is 18.8 Å². The molecular weight excluding hydrogens is 214 g/mol.